The molecular formula is C29H40F2N4O. The van der Waals surface area contributed by atoms with Crippen molar-refractivity contribution in [3.63, 3.8) is 0 Å². The molecule has 1 heterocycles. The van der Waals surface area contributed by atoms with Gasteiger partial charge in [0.25, 0.3) is 5.91 Å². The first-order valence-corrected chi connectivity index (χ1v) is 12.2. The Labute approximate surface area is 215 Å². The van der Waals surface area contributed by atoms with Gasteiger partial charge in [-0.3, -0.25) is 4.79 Å². The van der Waals surface area contributed by atoms with Crippen LogP contribution in [0, 0.1) is 30.4 Å². The van der Waals surface area contributed by atoms with Crippen molar-refractivity contribution in [2.75, 3.05) is 6.54 Å². The van der Waals surface area contributed by atoms with Crippen LogP contribution in [0.4, 0.5) is 8.78 Å². The first kappa shape index (κ1) is 32.3. The average Bonchev–Trinajstić information content (AvgIpc) is 2.91. The Kier molecular flexibility index (Phi) is 15.2. The van der Waals surface area contributed by atoms with Crippen LogP contribution in [0.1, 0.15) is 82.0 Å². The summed E-state index contributed by atoms with van der Waals surface area (Å²) < 4.78 is 28.4. The third-order valence-electron chi connectivity index (χ3n) is 5.49. The third kappa shape index (κ3) is 8.84. The van der Waals surface area contributed by atoms with E-state index in [0.717, 1.165) is 25.0 Å². The smallest absolute Gasteiger partial charge is 0.269 e. The first-order valence-electron chi connectivity index (χ1n) is 12.2. The standard InChI is InChI=1S/C25H32F2N4O.C2H6.C2H2/c1-5-13-30-25(32)22-12-8-11-21(31-22)16(4)24(29)17(15(3)6-2)14-20(28)23-18(26)9-7-10-19(23)27;2*1-2/h7-12,14-16H,5-6,13,28-29H2,1-4H3,(H,30,32);1-2H3;1-2H/b20-14-,24-17+;;/t15-,16?;;/m1../s1. The van der Waals surface area contributed by atoms with Crippen molar-refractivity contribution in [2.45, 2.75) is 60.3 Å². The van der Waals surface area contributed by atoms with Crippen molar-refractivity contribution in [2.24, 2.45) is 17.4 Å². The van der Waals surface area contributed by atoms with Crippen LogP contribution < -0.4 is 16.8 Å². The van der Waals surface area contributed by atoms with Gasteiger partial charge in [0.1, 0.15) is 17.3 Å². The molecular weight excluding hydrogens is 458 g/mol. The van der Waals surface area contributed by atoms with Crippen LogP contribution in [0.25, 0.3) is 5.70 Å². The van der Waals surface area contributed by atoms with Crippen molar-refractivity contribution in [3.8, 4) is 12.8 Å². The molecule has 0 radical (unpaired) electrons. The van der Waals surface area contributed by atoms with E-state index in [9.17, 15) is 13.6 Å². The highest BCUT2D eigenvalue weighted by molar-refractivity contribution is 5.92. The summed E-state index contributed by atoms with van der Waals surface area (Å²) in [6, 6.07) is 8.82. The van der Waals surface area contributed by atoms with E-state index in [-0.39, 0.29) is 29.0 Å². The number of aromatic nitrogens is 1. The SMILES string of the molecule is C#C.CC.CCCNC(=O)c1cccc(C(C)/C(N)=C(/C=C(\N)c2c(F)cccc2F)[C@H](C)CC)n1. The van der Waals surface area contributed by atoms with Gasteiger partial charge in [-0.1, -0.05) is 53.7 Å². The fourth-order valence-corrected chi connectivity index (χ4v) is 3.30. The zero-order valence-electron chi connectivity index (χ0n) is 22.2. The number of nitrogens with one attached hydrogen (secondary N) is 1. The summed E-state index contributed by atoms with van der Waals surface area (Å²) in [4.78, 5) is 16.8. The third-order valence-corrected chi connectivity index (χ3v) is 5.49. The number of amides is 1. The molecule has 0 fully saturated rings. The number of rotatable bonds is 9. The van der Waals surface area contributed by atoms with E-state index in [1.807, 2.05) is 41.5 Å². The molecule has 2 atom stereocenters. The van der Waals surface area contributed by atoms with Crippen molar-refractivity contribution < 1.29 is 13.6 Å². The van der Waals surface area contributed by atoms with Gasteiger partial charge < -0.3 is 16.8 Å². The van der Waals surface area contributed by atoms with E-state index in [0.29, 0.717) is 29.2 Å². The molecule has 1 amide bonds. The van der Waals surface area contributed by atoms with Crippen molar-refractivity contribution in [3.05, 3.63) is 82.3 Å². The van der Waals surface area contributed by atoms with Crippen LogP contribution in [0.2, 0.25) is 0 Å². The summed E-state index contributed by atoms with van der Waals surface area (Å²) in [5.41, 5.74) is 14.4. The quantitative estimate of drug-likeness (QED) is 0.286. The predicted octanol–water partition coefficient (Wildman–Crippen LogP) is 6.14. The highest BCUT2D eigenvalue weighted by Gasteiger charge is 2.20. The van der Waals surface area contributed by atoms with Gasteiger partial charge >= 0.3 is 0 Å². The number of carbonyl (C=O) groups excluding carboxylic acids is 1. The Morgan fingerprint density at radius 3 is 2.14 bits per heavy atom. The zero-order valence-corrected chi connectivity index (χ0v) is 22.2. The minimum atomic E-state index is -0.735. The maximum absolute atomic E-state index is 14.2. The Morgan fingerprint density at radius 1 is 1.06 bits per heavy atom. The number of nitrogens with two attached hydrogens (primary N) is 2. The van der Waals surface area contributed by atoms with E-state index in [1.165, 1.54) is 6.07 Å². The average molecular weight is 499 g/mol. The van der Waals surface area contributed by atoms with Crippen LogP contribution in [0.3, 0.4) is 0 Å². The van der Waals surface area contributed by atoms with E-state index in [4.69, 9.17) is 11.5 Å². The normalized spacial score (nSPS) is 13.1. The molecule has 5 N–H and O–H groups in total. The summed E-state index contributed by atoms with van der Waals surface area (Å²) in [6.45, 7) is 12.4. The molecule has 0 saturated carbocycles. The maximum atomic E-state index is 14.2. The molecule has 2 rings (SSSR count). The number of nitrogens with zero attached hydrogens (tertiary/aromatic N) is 1. The van der Waals surface area contributed by atoms with Crippen LogP contribution in [-0.2, 0) is 0 Å². The topological polar surface area (TPSA) is 94.0 Å². The molecule has 0 aliphatic carbocycles. The molecule has 0 aliphatic rings. The van der Waals surface area contributed by atoms with Crippen molar-refractivity contribution in [1.29, 1.82) is 0 Å². The highest BCUT2D eigenvalue weighted by atomic mass is 19.1. The Hall–Kier alpha value is -3.66. The lowest BCUT2D eigenvalue weighted by Crippen LogP contribution is -2.25. The Morgan fingerprint density at radius 2 is 1.61 bits per heavy atom. The molecule has 2 aromatic rings. The highest BCUT2D eigenvalue weighted by Crippen LogP contribution is 2.29. The molecule has 5 nitrogen and oxygen atoms in total. The second-order valence-electron chi connectivity index (χ2n) is 7.84. The largest absolute Gasteiger partial charge is 0.401 e. The van der Waals surface area contributed by atoms with E-state index < -0.39 is 11.6 Å². The van der Waals surface area contributed by atoms with Gasteiger partial charge in [-0.2, -0.15) is 0 Å². The molecule has 0 bridgehead atoms. The van der Waals surface area contributed by atoms with Gasteiger partial charge in [0.05, 0.1) is 5.56 Å². The Bertz CT molecular complexity index is 1040. The zero-order chi connectivity index (χ0) is 27.8. The van der Waals surface area contributed by atoms with Crippen LogP contribution in [-0.4, -0.2) is 17.4 Å². The molecule has 1 aromatic heterocycles. The summed E-state index contributed by atoms with van der Waals surface area (Å²) in [5, 5.41) is 2.81. The number of carbonyl (C=O) groups is 1. The van der Waals surface area contributed by atoms with E-state index in [1.54, 1.807) is 24.3 Å². The Balaban J connectivity index is 0.00000291. The van der Waals surface area contributed by atoms with Gasteiger partial charge in [0.2, 0.25) is 0 Å². The van der Waals surface area contributed by atoms with Gasteiger partial charge in [0.15, 0.2) is 0 Å². The van der Waals surface area contributed by atoms with E-state index in [2.05, 4.69) is 23.1 Å². The van der Waals surface area contributed by atoms with Gasteiger partial charge in [-0.15, -0.1) is 12.8 Å². The van der Waals surface area contributed by atoms with Crippen molar-refractivity contribution >= 4 is 11.6 Å². The number of hydrogen-bond acceptors (Lipinski definition) is 4. The lowest BCUT2D eigenvalue weighted by atomic mass is 9.89. The maximum Gasteiger partial charge on any atom is 0.269 e. The lowest BCUT2D eigenvalue weighted by Gasteiger charge is -2.21. The predicted molar refractivity (Wildman–Crippen MR) is 146 cm³/mol. The summed E-state index contributed by atoms with van der Waals surface area (Å²) >= 11 is 0. The molecule has 1 aromatic carbocycles. The number of pyridine rings is 1. The lowest BCUT2D eigenvalue weighted by molar-refractivity contribution is 0.0948. The second kappa shape index (κ2) is 16.9. The fraction of sp³-hybridized carbons (Fsp3) is 0.379. The molecule has 1 unspecified atom stereocenters. The van der Waals surface area contributed by atoms with Gasteiger partial charge in [0, 0.05) is 29.6 Å². The monoisotopic (exact) mass is 498 g/mol. The number of benzene rings is 1. The van der Waals surface area contributed by atoms with Crippen LogP contribution in [0.5, 0.6) is 0 Å². The molecule has 0 spiro atoms. The molecule has 36 heavy (non-hydrogen) atoms. The number of hydrogen-bond donors (Lipinski definition) is 3. The number of allylic oxidation sites excluding steroid dienone is 3. The van der Waals surface area contributed by atoms with Gasteiger partial charge in [-0.05, 0) is 54.7 Å². The van der Waals surface area contributed by atoms with Crippen molar-refractivity contribution in [1.82, 2.24) is 10.3 Å². The number of halogens is 2. The molecule has 0 saturated heterocycles. The minimum absolute atomic E-state index is 0.0122. The van der Waals surface area contributed by atoms with E-state index >= 15 is 0 Å². The summed E-state index contributed by atoms with van der Waals surface area (Å²) in [6.07, 6.45) is 11.1. The van der Waals surface area contributed by atoms with Crippen LogP contribution in [0.15, 0.2) is 53.7 Å². The molecule has 0 aliphatic heterocycles. The van der Waals surface area contributed by atoms with Crippen LogP contribution >= 0.6 is 0 Å². The summed E-state index contributed by atoms with van der Waals surface area (Å²) in [5.74, 6) is -2.07. The molecule has 196 valence electrons. The van der Waals surface area contributed by atoms with Gasteiger partial charge in [-0.25, -0.2) is 13.8 Å². The fourth-order valence-electron chi connectivity index (χ4n) is 3.30. The minimum Gasteiger partial charge on any atom is -0.401 e. The molecule has 7 heteroatoms. The first-order chi connectivity index (χ1) is 17.2. The summed E-state index contributed by atoms with van der Waals surface area (Å²) in [7, 11) is 0. The number of terminal acetylenes is 1. The second-order valence-corrected chi connectivity index (χ2v) is 7.84.